The molecule has 1 aliphatic rings. The summed E-state index contributed by atoms with van der Waals surface area (Å²) in [6.45, 7) is 0. The first-order valence-electron chi connectivity index (χ1n) is 18.0. The Morgan fingerprint density at radius 3 is 1.22 bits per heavy atom. The fourth-order valence-corrected chi connectivity index (χ4v) is 11.1. The summed E-state index contributed by atoms with van der Waals surface area (Å²) in [4.78, 5) is 0. The normalized spacial score (nSPS) is 12.0. The predicted octanol–water partition coefficient (Wildman–Crippen LogP) is 12.6. The van der Waals surface area contributed by atoms with Crippen LogP contribution in [0, 0.1) is 11.6 Å². The van der Waals surface area contributed by atoms with Gasteiger partial charge in [0.1, 0.15) is 11.6 Å². The average Bonchev–Trinajstić information content (AvgIpc) is 3.55. The minimum atomic E-state index is -3.45. The Hall–Kier alpha value is -6.41. The smallest absolute Gasteiger partial charge is 0.171 e. The largest absolute Gasteiger partial charge is 0.309 e. The third-order valence-corrected chi connectivity index (χ3v) is 13.9. The van der Waals surface area contributed by atoms with Crippen molar-refractivity contribution in [3.8, 4) is 55.6 Å². The van der Waals surface area contributed by atoms with Gasteiger partial charge in [-0.25, -0.2) is 8.78 Å². The van der Waals surface area contributed by atoms with E-state index in [1.807, 2.05) is 24.3 Å². The van der Waals surface area contributed by atoms with Gasteiger partial charge in [-0.15, -0.1) is 0 Å². The number of hydrogen-bond acceptors (Lipinski definition) is 1. The summed E-state index contributed by atoms with van der Waals surface area (Å²) < 4.78 is 43.1. The van der Waals surface area contributed by atoms with E-state index in [-0.39, 0.29) is 0 Å². The SMILES string of the molecule is O=P(c1ccc(F)cc1)(c1ccc(F)cc1)c1ccc(-c2ccc3c4c(cccc24)-c2c-3c(-c3ccccc3)c3ccccc3c2-c2ccccc2)cc1. The molecule has 0 bridgehead atoms. The maximum absolute atomic E-state index is 15.1. The van der Waals surface area contributed by atoms with Gasteiger partial charge in [-0.1, -0.05) is 140 Å². The third kappa shape index (κ3) is 4.93. The van der Waals surface area contributed by atoms with Crippen LogP contribution in [0.15, 0.2) is 188 Å². The van der Waals surface area contributed by atoms with Crippen molar-refractivity contribution in [1.82, 2.24) is 0 Å². The molecule has 0 spiro atoms. The molecule has 10 rings (SSSR count). The van der Waals surface area contributed by atoms with E-state index in [2.05, 4.69) is 115 Å². The molecule has 0 amide bonds. The first-order chi connectivity index (χ1) is 26.5. The number of benzene rings is 9. The molecule has 0 saturated heterocycles. The fourth-order valence-electron chi connectivity index (χ4n) is 8.46. The Labute approximate surface area is 312 Å². The zero-order valence-electron chi connectivity index (χ0n) is 29.0. The van der Waals surface area contributed by atoms with Gasteiger partial charge in [0.2, 0.25) is 0 Å². The van der Waals surface area contributed by atoms with Crippen molar-refractivity contribution in [1.29, 1.82) is 0 Å². The van der Waals surface area contributed by atoms with Crippen molar-refractivity contribution >= 4 is 44.6 Å². The van der Waals surface area contributed by atoms with E-state index in [1.165, 1.54) is 84.9 Å². The molecule has 0 N–H and O–H groups in total. The van der Waals surface area contributed by atoms with Crippen LogP contribution in [0.25, 0.3) is 77.2 Å². The first-order valence-corrected chi connectivity index (χ1v) is 19.7. The molecule has 1 aliphatic carbocycles. The van der Waals surface area contributed by atoms with Crippen LogP contribution in [0.2, 0.25) is 0 Å². The second-order valence-electron chi connectivity index (χ2n) is 13.8. The summed E-state index contributed by atoms with van der Waals surface area (Å²) in [5.41, 5.74) is 11.8. The Morgan fingerprint density at radius 2 is 0.722 bits per heavy atom. The maximum atomic E-state index is 15.1. The second-order valence-corrected chi connectivity index (χ2v) is 16.5. The molecule has 0 atom stereocenters. The molecule has 0 unspecified atom stereocenters. The molecule has 0 heterocycles. The van der Waals surface area contributed by atoms with E-state index in [0.717, 1.165) is 16.5 Å². The van der Waals surface area contributed by atoms with Gasteiger partial charge >= 0.3 is 0 Å². The predicted molar refractivity (Wildman–Crippen MR) is 222 cm³/mol. The van der Waals surface area contributed by atoms with Gasteiger partial charge in [0.15, 0.2) is 7.14 Å². The van der Waals surface area contributed by atoms with Crippen LogP contribution in [-0.2, 0) is 4.57 Å². The lowest BCUT2D eigenvalue weighted by atomic mass is 9.82. The van der Waals surface area contributed by atoms with E-state index in [9.17, 15) is 8.78 Å². The molecular weight excluding hydrogens is 686 g/mol. The number of rotatable bonds is 6. The molecule has 256 valence electrons. The summed E-state index contributed by atoms with van der Waals surface area (Å²) in [5.74, 6) is -0.817. The molecule has 0 fully saturated rings. The molecule has 4 heteroatoms. The van der Waals surface area contributed by atoms with Gasteiger partial charge in [-0.05, 0) is 126 Å². The summed E-state index contributed by atoms with van der Waals surface area (Å²) >= 11 is 0. The molecule has 0 saturated carbocycles. The van der Waals surface area contributed by atoms with Gasteiger partial charge in [0.05, 0.1) is 0 Å². The molecular formula is C50H31F2OP. The van der Waals surface area contributed by atoms with Crippen LogP contribution in [0.4, 0.5) is 8.78 Å². The fraction of sp³-hybridized carbons (Fsp3) is 0. The van der Waals surface area contributed by atoms with Gasteiger partial charge in [-0.2, -0.15) is 0 Å². The number of hydrogen-bond donors (Lipinski definition) is 0. The van der Waals surface area contributed by atoms with Crippen molar-refractivity contribution in [3.63, 3.8) is 0 Å². The van der Waals surface area contributed by atoms with Gasteiger partial charge in [0.25, 0.3) is 0 Å². The standard InChI is InChI=1S/C50H31F2OP/c51-35-20-26-38(27-21-35)54(53,39-28-22-36(52)23-29-39)37-24-18-32(19-25-37)40-30-31-45-48-41(40)16-9-17-44(48)49-46(33-10-3-1-4-11-33)42-14-7-8-15-43(42)47(50(45)49)34-12-5-2-6-13-34/h1-31H. The van der Waals surface area contributed by atoms with Crippen molar-refractivity contribution < 1.29 is 13.3 Å². The van der Waals surface area contributed by atoms with Crippen molar-refractivity contribution in [2.45, 2.75) is 0 Å². The van der Waals surface area contributed by atoms with Crippen LogP contribution in [-0.4, -0.2) is 0 Å². The Bertz CT molecular complexity index is 2800. The summed E-state index contributed by atoms with van der Waals surface area (Å²) in [7, 11) is -3.45. The Morgan fingerprint density at radius 1 is 0.315 bits per heavy atom. The van der Waals surface area contributed by atoms with E-state index >= 15 is 4.57 Å². The molecule has 54 heavy (non-hydrogen) atoms. The molecule has 9 aromatic carbocycles. The average molecular weight is 717 g/mol. The highest BCUT2D eigenvalue weighted by atomic mass is 31.2. The van der Waals surface area contributed by atoms with E-state index in [4.69, 9.17) is 0 Å². The van der Waals surface area contributed by atoms with E-state index < -0.39 is 18.8 Å². The highest BCUT2D eigenvalue weighted by molar-refractivity contribution is 7.85. The first kappa shape index (κ1) is 32.3. The molecule has 0 aromatic heterocycles. The highest BCUT2D eigenvalue weighted by Crippen LogP contribution is 2.58. The monoisotopic (exact) mass is 716 g/mol. The lowest BCUT2D eigenvalue weighted by molar-refractivity contribution is 0.592. The highest BCUT2D eigenvalue weighted by Gasteiger charge is 2.32. The van der Waals surface area contributed by atoms with Gasteiger partial charge in [0, 0.05) is 15.9 Å². The lowest BCUT2D eigenvalue weighted by Gasteiger charge is -2.20. The molecule has 0 radical (unpaired) electrons. The van der Waals surface area contributed by atoms with Crippen molar-refractivity contribution in [3.05, 3.63) is 200 Å². The van der Waals surface area contributed by atoms with Crippen molar-refractivity contribution in [2.75, 3.05) is 0 Å². The van der Waals surface area contributed by atoms with Crippen LogP contribution >= 0.6 is 7.14 Å². The minimum Gasteiger partial charge on any atom is -0.309 e. The van der Waals surface area contributed by atoms with Crippen LogP contribution in [0.3, 0.4) is 0 Å². The summed E-state index contributed by atoms with van der Waals surface area (Å²) in [5, 5.41) is 6.35. The minimum absolute atomic E-state index is 0.408. The van der Waals surface area contributed by atoms with Crippen LogP contribution < -0.4 is 15.9 Å². The van der Waals surface area contributed by atoms with E-state index in [1.54, 1.807) is 24.3 Å². The summed E-state index contributed by atoms with van der Waals surface area (Å²) in [6.07, 6.45) is 0. The quantitative estimate of drug-likeness (QED) is 0.157. The zero-order valence-corrected chi connectivity index (χ0v) is 29.9. The molecule has 1 nitrogen and oxygen atoms in total. The molecule has 9 aromatic rings. The van der Waals surface area contributed by atoms with Crippen LogP contribution in [0.5, 0.6) is 0 Å². The Kier molecular flexibility index (Phi) is 7.54. The maximum Gasteiger partial charge on any atom is 0.171 e. The lowest BCUT2D eigenvalue weighted by Crippen LogP contribution is -2.25. The summed E-state index contributed by atoms with van der Waals surface area (Å²) in [6, 6.07) is 60.6. The topological polar surface area (TPSA) is 17.1 Å². The zero-order chi connectivity index (χ0) is 36.4. The van der Waals surface area contributed by atoms with Gasteiger partial charge < -0.3 is 4.57 Å². The van der Waals surface area contributed by atoms with Crippen molar-refractivity contribution in [2.24, 2.45) is 0 Å². The van der Waals surface area contributed by atoms with Crippen LogP contribution in [0.1, 0.15) is 0 Å². The Balaban J connectivity index is 1.19. The second kappa shape index (κ2) is 12.6. The molecule has 0 aliphatic heterocycles. The van der Waals surface area contributed by atoms with Gasteiger partial charge in [-0.3, -0.25) is 0 Å². The third-order valence-electron chi connectivity index (χ3n) is 10.8. The number of halogens is 2. The number of fused-ring (bicyclic) bond motifs is 4. The van der Waals surface area contributed by atoms with E-state index in [0.29, 0.717) is 15.9 Å².